The van der Waals surface area contributed by atoms with Crippen LogP contribution in [0.4, 0.5) is 11.8 Å². The van der Waals surface area contributed by atoms with E-state index in [0.29, 0.717) is 37.7 Å². The summed E-state index contributed by atoms with van der Waals surface area (Å²) in [6, 6.07) is 3.48. The highest BCUT2D eigenvalue weighted by Crippen LogP contribution is 2.33. The molecular formula is C18H23N5O4. The minimum Gasteiger partial charge on any atom is -0.481 e. The van der Waals surface area contributed by atoms with Gasteiger partial charge in [0.1, 0.15) is 12.1 Å². The van der Waals surface area contributed by atoms with E-state index in [2.05, 4.69) is 14.9 Å². The van der Waals surface area contributed by atoms with E-state index in [1.165, 1.54) is 12.5 Å². The molecule has 0 bridgehead atoms. The van der Waals surface area contributed by atoms with Crippen LogP contribution in [0.2, 0.25) is 0 Å². The second-order valence-electron chi connectivity index (χ2n) is 6.88. The Morgan fingerprint density at radius 2 is 2.11 bits per heavy atom. The van der Waals surface area contributed by atoms with Gasteiger partial charge in [0.25, 0.3) is 5.91 Å². The van der Waals surface area contributed by atoms with Crippen molar-refractivity contribution in [2.24, 2.45) is 0 Å². The molecule has 2 aromatic heterocycles. The zero-order valence-corrected chi connectivity index (χ0v) is 15.3. The normalized spacial score (nSPS) is 19.3. The molecule has 0 atom stereocenters. The molecule has 2 fully saturated rings. The lowest BCUT2D eigenvalue weighted by molar-refractivity contribution is -0.0870. The third-order valence-electron chi connectivity index (χ3n) is 5.22. The zero-order valence-electron chi connectivity index (χ0n) is 15.3. The molecule has 2 aliphatic rings. The second-order valence-corrected chi connectivity index (χ2v) is 6.88. The Balaban J connectivity index is 1.44. The molecule has 0 radical (unpaired) electrons. The molecule has 2 saturated heterocycles. The number of carbonyl (C=O) groups is 1. The van der Waals surface area contributed by atoms with Gasteiger partial charge >= 0.3 is 0 Å². The van der Waals surface area contributed by atoms with Crippen LogP contribution in [-0.4, -0.2) is 66.3 Å². The summed E-state index contributed by atoms with van der Waals surface area (Å²) >= 11 is 0. The van der Waals surface area contributed by atoms with Gasteiger partial charge in [-0.3, -0.25) is 4.79 Å². The van der Waals surface area contributed by atoms with E-state index in [-0.39, 0.29) is 17.5 Å². The number of furan rings is 1. The van der Waals surface area contributed by atoms with Crippen LogP contribution in [0.5, 0.6) is 5.88 Å². The lowest BCUT2D eigenvalue weighted by Crippen LogP contribution is -2.57. The van der Waals surface area contributed by atoms with E-state index in [9.17, 15) is 4.79 Å². The number of nitrogen functional groups attached to an aromatic ring is 1. The molecule has 4 heterocycles. The molecule has 144 valence electrons. The summed E-state index contributed by atoms with van der Waals surface area (Å²) in [6.45, 7) is 3.31. The molecule has 4 rings (SSSR count). The van der Waals surface area contributed by atoms with Crippen molar-refractivity contribution in [3.8, 4) is 5.88 Å². The molecule has 0 unspecified atom stereocenters. The van der Waals surface area contributed by atoms with Gasteiger partial charge in [-0.1, -0.05) is 0 Å². The Kier molecular flexibility index (Phi) is 4.61. The van der Waals surface area contributed by atoms with Crippen molar-refractivity contribution in [1.82, 2.24) is 14.9 Å². The second kappa shape index (κ2) is 7.07. The minimum absolute atomic E-state index is 0.000393. The monoisotopic (exact) mass is 373 g/mol. The molecule has 2 aliphatic heterocycles. The topological polar surface area (TPSA) is 107 Å². The Bertz CT molecular complexity index is 802. The maximum Gasteiger partial charge on any atom is 0.257 e. The number of hydrogen-bond donors (Lipinski definition) is 1. The Morgan fingerprint density at radius 1 is 1.30 bits per heavy atom. The van der Waals surface area contributed by atoms with Gasteiger partial charge in [-0.2, -0.15) is 9.97 Å². The number of aromatic nitrogens is 2. The van der Waals surface area contributed by atoms with Gasteiger partial charge in [0.2, 0.25) is 11.8 Å². The van der Waals surface area contributed by atoms with Crippen LogP contribution in [0, 0.1) is 0 Å². The van der Waals surface area contributed by atoms with E-state index in [0.717, 1.165) is 25.2 Å². The molecule has 27 heavy (non-hydrogen) atoms. The average Bonchev–Trinajstić information content (AvgIpc) is 3.22. The summed E-state index contributed by atoms with van der Waals surface area (Å²) in [5.74, 6) is 1.36. The molecule has 2 aromatic rings. The lowest BCUT2D eigenvalue weighted by atomic mass is 9.89. The Morgan fingerprint density at radius 3 is 2.81 bits per heavy atom. The maximum absolute atomic E-state index is 12.5. The smallest absolute Gasteiger partial charge is 0.257 e. The van der Waals surface area contributed by atoms with Crippen LogP contribution in [0.25, 0.3) is 0 Å². The summed E-state index contributed by atoms with van der Waals surface area (Å²) in [6.07, 6.45) is 4.54. The first-order chi connectivity index (χ1) is 13.1. The first kappa shape index (κ1) is 17.6. The zero-order chi connectivity index (χ0) is 18.9. The largest absolute Gasteiger partial charge is 0.481 e. The number of hydrogen-bond acceptors (Lipinski definition) is 8. The van der Waals surface area contributed by atoms with Gasteiger partial charge in [-0.25, -0.2) is 0 Å². The van der Waals surface area contributed by atoms with E-state index in [1.807, 2.05) is 4.90 Å². The van der Waals surface area contributed by atoms with Crippen molar-refractivity contribution in [3.05, 3.63) is 30.2 Å². The molecule has 9 heteroatoms. The molecule has 9 nitrogen and oxygen atoms in total. The molecule has 1 amide bonds. The number of piperidine rings is 1. The molecule has 0 aliphatic carbocycles. The van der Waals surface area contributed by atoms with Crippen LogP contribution in [0.15, 0.2) is 29.1 Å². The SMILES string of the molecule is COc1cc(N2CCOC3(CCN(C(=O)c4ccoc4)CC3)C2)nc(N)n1. The number of nitrogens with two attached hydrogens (primary N) is 1. The van der Waals surface area contributed by atoms with Crippen LogP contribution < -0.4 is 15.4 Å². The van der Waals surface area contributed by atoms with Gasteiger partial charge < -0.3 is 29.4 Å². The van der Waals surface area contributed by atoms with Crippen LogP contribution in [0.3, 0.4) is 0 Å². The van der Waals surface area contributed by atoms with Crippen molar-refractivity contribution < 1.29 is 18.7 Å². The third-order valence-corrected chi connectivity index (χ3v) is 5.22. The first-order valence-electron chi connectivity index (χ1n) is 8.97. The van der Waals surface area contributed by atoms with Crippen molar-refractivity contribution in [2.45, 2.75) is 18.4 Å². The highest BCUT2D eigenvalue weighted by molar-refractivity contribution is 5.93. The Labute approximate surface area is 157 Å². The average molecular weight is 373 g/mol. The Hall–Kier alpha value is -2.81. The molecule has 0 aromatic carbocycles. The van der Waals surface area contributed by atoms with Crippen LogP contribution >= 0.6 is 0 Å². The third kappa shape index (κ3) is 3.55. The van der Waals surface area contributed by atoms with Gasteiger partial charge in [-0.15, -0.1) is 0 Å². The number of anilines is 2. The van der Waals surface area contributed by atoms with E-state index < -0.39 is 0 Å². The quantitative estimate of drug-likeness (QED) is 0.854. The van der Waals surface area contributed by atoms with E-state index >= 15 is 0 Å². The number of methoxy groups -OCH3 is 1. The number of morpholine rings is 1. The number of amides is 1. The van der Waals surface area contributed by atoms with E-state index in [1.54, 1.807) is 19.2 Å². The standard InChI is InChI=1S/C18H23N5O4/c1-25-15-10-14(20-17(19)21-15)23-7-9-27-18(12-23)3-5-22(6-4-18)16(24)13-2-8-26-11-13/h2,8,10-11H,3-7,9,12H2,1H3,(H2,19,20,21). The predicted molar refractivity (Wildman–Crippen MR) is 97.7 cm³/mol. The van der Waals surface area contributed by atoms with E-state index in [4.69, 9.17) is 19.6 Å². The van der Waals surface area contributed by atoms with Gasteiger partial charge in [0.15, 0.2) is 0 Å². The number of nitrogens with zero attached hydrogens (tertiary/aromatic N) is 4. The molecule has 0 saturated carbocycles. The summed E-state index contributed by atoms with van der Waals surface area (Å²) in [5.41, 5.74) is 6.09. The summed E-state index contributed by atoms with van der Waals surface area (Å²) in [4.78, 5) is 24.9. The fraction of sp³-hybridized carbons (Fsp3) is 0.500. The fourth-order valence-corrected chi connectivity index (χ4v) is 3.73. The van der Waals surface area contributed by atoms with Crippen molar-refractivity contribution in [2.75, 3.05) is 50.5 Å². The van der Waals surface area contributed by atoms with Crippen molar-refractivity contribution in [3.63, 3.8) is 0 Å². The van der Waals surface area contributed by atoms with Gasteiger partial charge in [-0.05, 0) is 18.9 Å². The summed E-state index contributed by atoms with van der Waals surface area (Å²) in [5, 5.41) is 0. The van der Waals surface area contributed by atoms with Gasteiger partial charge in [0, 0.05) is 32.2 Å². The van der Waals surface area contributed by atoms with Gasteiger partial charge in [0.05, 0.1) is 31.1 Å². The minimum atomic E-state index is -0.293. The highest BCUT2D eigenvalue weighted by Gasteiger charge is 2.41. The molecule has 1 spiro atoms. The predicted octanol–water partition coefficient (Wildman–Crippen LogP) is 1.17. The number of likely N-dealkylation sites (tertiary alicyclic amines) is 1. The number of carbonyl (C=O) groups excluding carboxylic acids is 1. The summed E-state index contributed by atoms with van der Waals surface area (Å²) in [7, 11) is 1.55. The number of ether oxygens (including phenoxy) is 2. The highest BCUT2D eigenvalue weighted by atomic mass is 16.5. The van der Waals surface area contributed by atoms with Crippen LogP contribution in [0.1, 0.15) is 23.2 Å². The first-order valence-corrected chi connectivity index (χ1v) is 8.97. The molecular weight excluding hydrogens is 350 g/mol. The number of rotatable bonds is 3. The van der Waals surface area contributed by atoms with Crippen molar-refractivity contribution in [1.29, 1.82) is 0 Å². The lowest BCUT2D eigenvalue weighted by Gasteiger charge is -2.47. The fourth-order valence-electron chi connectivity index (χ4n) is 3.73. The molecule has 2 N–H and O–H groups in total. The maximum atomic E-state index is 12.5. The summed E-state index contributed by atoms with van der Waals surface area (Å²) < 4.78 is 16.4. The van der Waals surface area contributed by atoms with Crippen molar-refractivity contribution >= 4 is 17.7 Å². The van der Waals surface area contributed by atoms with Crippen LogP contribution in [-0.2, 0) is 4.74 Å².